The van der Waals surface area contributed by atoms with Crippen molar-refractivity contribution < 1.29 is 9.66 Å². The standard InChI is InChI=1S/C13H13BrN4O3/c1-2-15-6-9-7-16-13(17-8-9)21-12-5-10(18(19)20)3-4-11(12)14/h3-5,7-8,15H,2,6H2,1H3. The Kier molecular flexibility index (Phi) is 5.18. The molecule has 0 atom stereocenters. The average Bonchev–Trinajstić information content (AvgIpc) is 2.48. The molecule has 2 rings (SSSR count). The van der Waals surface area contributed by atoms with E-state index < -0.39 is 4.92 Å². The molecule has 21 heavy (non-hydrogen) atoms. The molecule has 1 aromatic heterocycles. The number of halogens is 1. The molecule has 1 heterocycles. The second-order valence-corrected chi connectivity index (χ2v) is 4.98. The molecule has 0 aliphatic rings. The van der Waals surface area contributed by atoms with Gasteiger partial charge in [0.05, 0.1) is 15.5 Å². The maximum atomic E-state index is 10.8. The van der Waals surface area contributed by atoms with Crippen LogP contribution in [0.2, 0.25) is 0 Å². The summed E-state index contributed by atoms with van der Waals surface area (Å²) in [5.74, 6) is 0.295. The fraction of sp³-hybridized carbons (Fsp3) is 0.231. The van der Waals surface area contributed by atoms with Crippen molar-refractivity contribution in [3.63, 3.8) is 0 Å². The van der Waals surface area contributed by atoms with Gasteiger partial charge in [0.2, 0.25) is 0 Å². The van der Waals surface area contributed by atoms with E-state index in [1.165, 1.54) is 12.1 Å². The van der Waals surface area contributed by atoms with E-state index in [9.17, 15) is 10.1 Å². The third-order valence-electron chi connectivity index (χ3n) is 2.59. The molecule has 0 aliphatic heterocycles. The van der Waals surface area contributed by atoms with Gasteiger partial charge in [-0.15, -0.1) is 0 Å². The molecule has 0 aliphatic carbocycles. The fourth-order valence-electron chi connectivity index (χ4n) is 1.54. The number of nitrogens with one attached hydrogen (secondary N) is 1. The number of nitro groups is 1. The minimum Gasteiger partial charge on any atom is -0.423 e. The van der Waals surface area contributed by atoms with Crippen molar-refractivity contribution in [2.75, 3.05) is 6.54 Å². The second-order valence-electron chi connectivity index (χ2n) is 4.13. The second kappa shape index (κ2) is 7.09. The largest absolute Gasteiger partial charge is 0.423 e. The number of nitro benzene ring substituents is 1. The van der Waals surface area contributed by atoms with Crippen LogP contribution < -0.4 is 10.1 Å². The molecule has 8 heteroatoms. The Morgan fingerprint density at radius 3 is 2.71 bits per heavy atom. The zero-order chi connectivity index (χ0) is 15.2. The van der Waals surface area contributed by atoms with Crippen LogP contribution in [0.4, 0.5) is 5.69 Å². The average molecular weight is 353 g/mol. The Morgan fingerprint density at radius 2 is 2.10 bits per heavy atom. The van der Waals surface area contributed by atoms with E-state index in [4.69, 9.17) is 4.74 Å². The van der Waals surface area contributed by atoms with Crippen molar-refractivity contribution >= 4 is 21.6 Å². The minimum absolute atomic E-state index is 0.0584. The number of non-ortho nitro benzene ring substituents is 1. The molecule has 0 spiro atoms. The molecule has 0 saturated heterocycles. The molecule has 7 nitrogen and oxygen atoms in total. The lowest BCUT2D eigenvalue weighted by Crippen LogP contribution is -2.12. The number of aromatic nitrogens is 2. The van der Waals surface area contributed by atoms with E-state index in [-0.39, 0.29) is 11.7 Å². The highest BCUT2D eigenvalue weighted by molar-refractivity contribution is 9.10. The highest BCUT2D eigenvalue weighted by Crippen LogP contribution is 2.31. The molecule has 2 aromatic rings. The van der Waals surface area contributed by atoms with E-state index in [1.54, 1.807) is 18.5 Å². The lowest BCUT2D eigenvalue weighted by atomic mass is 10.3. The summed E-state index contributed by atoms with van der Waals surface area (Å²) in [5.41, 5.74) is 0.874. The molecule has 0 radical (unpaired) electrons. The maximum Gasteiger partial charge on any atom is 0.321 e. The van der Waals surface area contributed by atoms with Gasteiger partial charge in [0.1, 0.15) is 0 Å². The quantitative estimate of drug-likeness (QED) is 0.634. The number of nitrogens with zero attached hydrogens (tertiary/aromatic N) is 3. The molecule has 0 unspecified atom stereocenters. The summed E-state index contributed by atoms with van der Waals surface area (Å²) in [6.07, 6.45) is 3.30. The third kappa shape index (κ3) is 4.20. The monoisotopic (exact) mass is 352 g/mol. The van der Waals surface area contributed by atoms with E-state index in [0.717, 1.165) is 12.1 Å². The summed E-state index contributed by atoms with van der Waals surface area (Å²) in [5, 5.41) is 13.9. The summed E-state index contributed by atoms with van der Waals surface area (Å²) < 4.78 is 6.06. The van der Waals surface area contributed by atoms with E-state index in [1.807, 2.05) is 6.92 Å². The molecule has 0 amide bonds. The van der Waals surface area contributed by atoms with Crippen LogP contribution in [0.1, 0.15) is 12.5 Å². The van der Waals surface area contributed by atoms with Crippen molar-refractivity contribution in [2.24, 2.45) is 0 Å². The van der Waals surface area contributed by atoms with Gasteiger partial charge in [0, 0.05) is 30.6 Å². The first-order valence-corrected chi connectivity index (χ1v) is 7.03. The van der Waals surface area contributed by atoms with Gasteiger partial charge in [-0.1, -0.05) is 6.92 Å². The van der Waals surface area contributed by atoms with Crippen molar-refractivity contribution in [1.82, 2.24) is 15.3 Å². The van der Waals surface area contributed by atoms with Crippen molar-refractivity contribution in [3.8, 4) is 11.8 Å². The van der Waals surface area contributed by atoms with Crippen molar-refractivity contribution in [2.45, 2.75) is 13.5 Å². The van der Waals surface area contributed by atoms with Gasteiger partial charge in [-0.05, 0) is 28.5 Å². The maximum absolute atomic E-state index is 10.8. The molecule has 1 N–H and O–H groups in total. The molecular weight excluding hydrogens is 340 g/mol. The Hall–Kier alpha value is -2.06. The van der Waals surface area contributed by atoms with Crippen LogP contribution in [0.25, 0.3) is 0 Å². The molecule has 0 bridgehead atoms. The van der Waals surface area contributed by atoms with Gasteiger partial charge in [0.25, 0.3) is 5.69 Å². The third-order valence-corrected chi connectivity index (χ3v) is 3.24. The van der Waals surface area contributed by atoms with Crippen molar-refractivity contribution in [3.05, 3.63) is 50.7 Å². The van der Waals surface area contributed by atoms with Crippen LogP contribution in [0.3, 0.4) is 0 Å². The summed E-state index contributed by atoms with van der Waals surface area (Å²) in [6, 6.07) is 4.39. The van der Waals surface area contributed by atoms with Gasteiger partial charge in [-0.3, -0.25) is 10.1 Å². The van der Waals surface area contributed by atoms with Gasteiger partial charge in [0.15, 0.2) is 5.75 Å². The Labute approximate surface area is 129 Å². The SMILES string of the molecule is CCNCc1cnc(Oc2cc([N+](=O)[O-])ccc2Br)nc1. The first kappa shape index (κ1) is 15.3. The fourth-order valence-corrected chi connectivity index (χ4v) is 1.87. The first-order chi connectivity index (χ1) is 10.1. The van der Waals surface area contributed by atoms with Gasteiger partial charge < -0.3 is 10.1 Å². The molecule has 0 fully saturated rings. The van der Waals surface area contributed by atoms with Gasteiger partial charge in [-0.25, -0.2) is 9.97 Å². The Bertz CT molecular complexity index is 634. The van der Waals surface area contributed by atoms with Crippen LogP contribution >= 0.6 is 15.9 Å². The number of ether oxygens (including phenoxy) is 1. The summed E-state index contributed by atoms with van der Waals surface area (Å²) in [6.45, 7) is 3.55. The Morgan fingerprint density at radius 1 is 1.38 bits per heavy atom. The molecule has 1 aromatic carbocycles. The van der Waals surface area contributed by atoms with Crippen LogP contribution in [-0.2, 0) is 6.54 Å². The van der Waals surface area contributed by atoms with E-state index >= 15 is 0 Å². The molecule has 0 saturated carbocycles. The zero-order valence-corrected chi connectivity index (χ0v) is 12.8. The summed E-state index contributed by atoms with van der Waals surface area (Å²) in [7, 11) is 0. The topological polar surface area (TPSA) is 90.2 Å². The number of rotatable bonds is 6. The lowest BCUT2D eigenvalue weighted by molar-refractivity contribution is -0.384. The van der Waals surface area contributed by atoms with Crippen LogP contribution in [-0.4, -0.2) is 21.4 Å². The van der Waals surface area contributed by atoms with Crippen LogP contribution in [0.5, 0.6) is 11.8 Å². The van der Waals surface area contributed by atoms with Gasteiger partial charge in [-0.2, -0.15) is 0 Å². The van der Waals surface area contributed by atoms with Crippen LogP contribution in [0, 0.1) is 10.1 Å². The number of benzene rings is 1. The van der Waals surface area contributed by atoms with Crippen LogP contribution in [0.15, 0.2) is 35.1 Å². The highest BCUT2D eigenvalue weighted by atomic mass is 79.9. The smallest absolute Gasteiger partial charge is 0.321 e. The summed E-state index contributed by atoms with van der Waals surface area (Å²) >= 11 is 3.27. The Balaban J connectivity index is 2.14. The lowest BCUT2D eigenvalue weighted by Gasteiger charge is -2.06. The van der Waals surface area contributed by atoms with E-state index in [2.05, 4.69) is 31.2 Å². The number of hydrogen-bond acceptors (Lipinski definition) is 6. The normalized spacial score (nSPS) is 10.4. The predicted octanol–water partition coefficient (Wildman–Crippen LogP) is 3.05. The van der Waals surface area contributed by atoms with Crippen molar-refractivity contribution in [1.29, 1.82) is 0 Å². The van der Waals surface area contributed by atoms with E-state index in [0.29, 0.717) is 16.8 Å². The minimum atomic E-state index is -0.486. The molecular formula is C13H13BrN4O3. The number of hydrogen-bond donors (Lipinski definition) is 1. The van der Waals surface area contributed by atoms with Gasteiger partial charge >= 0.3 is 6.01 Å². The summed E-state index contributed by atoms with van der Waals surface area (Å²) in [4.78, 5) is 18.4. The first-order valence-electron chi connectivity index (χ1n) is 6.23. The highest BCUT2D eigenvalue weighted by Gasteiger charge is 2.12. The zero-order valence-electron chi connectivity index (χ0n) is 11.2. The predicted molar refractivity (Wildman–Crippen MR) is 80.3 cm³/mol. The molecule has 110 valence electrons.